The van der Waals surface area contributed by atoms with Crippen molar-refractivity contribution >= 4 is 17.8 Å². The predicted octanol–water partition coefficient (Wildman–Crippen LogP) is -0.149. The van der Waals surface area contributed by atoms with Gasteiger partial charge in [-0.25, -0.2) is 4.79 Å². The highest BCUT2D eigenvalue weighted by Crippen LogP contribution is 2.21. The summed E-state index contributed by atoms with van der Waals surface area (Å²) >= 11 is 0. The van der Waals surface area contributed by atoms with Crippen molar-refractivity contribution in [1.82, 2.24) is 10.2 Å². The van der Waals surface area contributed by atoms with E-state index in [1.165, 1.54) is 0 Å². The molecule has 21 heavy (non-hydrogen) atoms. The largest absolute Gasteiger partial charge is 0.480 e. The van der Waals surface area contributed by atoms with E-state index in [4.69, 9.17) is 4.74 Å². The third kappa shape index (κ3) is 3.72. The molecular formula is C14H22N2O5. The highest BCUT2D eigenvalue weighted by molar-refractivity contribution is 5.91. The van der Waals surface area contributed by atoms with Crippen LogP contribution in [0.15, 0.2) is 0 Å². The molecule has 2 aliphatic rings. The summed E-state index contributed by atoms with van der Waals surface area (Å²) in [6.45, 7) is 3.79. The van der Waals surface area contributed by atoms with Gasteiger partial charge in [0.15, 0.2) is 0 Å². The number of ether oxygens (including phenoxy) is 1. The minimum Gasteiger partial charge on any atom is -0.480 e. The molecule has 2 aliphatic heterocycles. The van der Waals surface area contributed by atoms with Gasteiger partial charge < -0.3 is 20.1 Å². The number of carbonyl (C=O) groups is 3. The van der Waals surface area contributed by atoms with Crippen LogP contribution in [-0.4, -0.2) is 60.1 Å². The highest BCUT2D eigenvalue weighted by atomic mass is 16.5. The van der Waals surface area contributed by atoms with Gasteiger partial charge in [0.2, 0.25) is 11.8 Å². The van der Waals surface area contributed by atoms with Crippen molar-refractivity contribution in [3.63, 3.8) is 0 Å². The lowest BCUT2D eigenvalue weighted by molar-refractivity contribution is -0.145. The molecule has 2 amide bonds. The van der Waals surface area contributed by atoms with Crippen molar-refractivity contribution in [3.8, 4) is 0 Å². The first kappa shape index (κ1) is 15.8. The molecule has 3 unspecified atom stereocenters. The molecule has 2 heterocycles. The Labute approximate surface area is 123 Å². The van der Waals surface area contributed by atoms with E-state index < -0.39 is 17.9 Å². The highest BCUT2D eigenvalue weighted by Gasteiger charge is 2.37. The van der Waals surface area contributed by atoms with Crippen molar-refractivity contribution < 1.29 is 24.2 Å². The summed E-state index contributed by atoms with van der Waals surface area (Å²) in [6, 6.07) is -0.941. The summed E-state index contributed by atoms with van der Waals surface area (Å²) in [7, 11) is 0. The van der Waals surface area contributed by atoms with E-state index in [0.717, 1.165) is 12.8 Å². The minimum absolute atomic E-state index is 0.0504. The summed E-state index contributed by atoms with van der Waals surface area (Å²) in [4.78, 5) is 36.9. The first-order valence-corrected chi connectivity index (χ1v) is 7.41. The van der Waals surface area contributed by atoms with E-state index in [-0.39, 0.29) is 24.2 Å². The van der Waals surface area contributed by atoms with Gasteiger partial charge in [0.25, 0.3) is 0 Å². The Balaban J connectivity index is 1.95. The molecule has 0 aromatic rings. The van der Waals surface area contributed by atoms with Crippen molar-refractivity contribution in [1.29, 1.82) is 0 Å². The van der Waals surface area contributed by atoms with Crippen LogP contribution in [0.2, 0.25) is 0 Å². The van der Waals surface area contributed by atoms with E-state index in [1.54, 1.807) is 4.90 Å². The molecule has 3 atom stereocenters. The Bertz CT molecular complexity index is 420. The summed E-state index contributed by atoms with van der Waals surface area (Å²) in [5.74, 6) is -2.11. The topological polar surface area (TPSA) is 95.9 Å². The maximum atomic E-state index is 12.2. The zero-order valence-corrected chi connectivity index (χ0v) is 12.2. The Morgan fingerprint density at radius 2 is 2.29 bits per heavy atom. The summed E-state index contributed by atoms with van der Waals surface area (Å²) in [5.41, 5.74) is 0. The zero-order valence-electron chi connectivity index (χ0n) is 12.2. The number of aliphatic carboxylic acids is 1. The van der Waals surface area contributed by atoms with Gasteiger partial charge in [-0.05, 0) is 19.8 Å². The van der Waals surface area contributed by atoms with Gasteiger partial charge in [0.05, 0.1) is 12.5 Å². The molecule has 7 heteroatoms. The second kappa shape index (κ2) is 6.89. The molecule has 2 fully saturated rings. The number of nitrogens with zero attached hydrogens (tertiary/aromatic N) is 1. The molecule has 118 valence electrons. The van der Waals surface area contributed by atoms with Gasteiger partial charge in [-0.1, -0.05) is 0 Å². The van der Waals surface area contributed by atoms with E-state index in [0.29, 0.717) is 26.3 Å². The third-order valence-electron chi connectivity index (χ3n) is 4.20. The quantitative estimate of drug-likeness (QED) is 0.736. The van der Waals surface area contributed by atoms with Crippen molar-refractivity contribution in [2.24, 2.45) is 11.8 Å². The molecule has 2 rings (SSSR count). The smallest absolute Gasteiger partial charge is 0.326 e. The average Bonchev–Trinajstić information content (AvgIpc) is 2.86. The van der Waals surface area contributed by atoms with Gasteiger partial charge in [-0.15, -0.1) is 0 Å². The van der Waals surface area contributed by atoms with Gasteiger partial charge in [-0.3, -0.25) is 9.59 Å². The second-order valence-corrected chi connectivity index (χ2v) is 5.64. The summed E-state index contributed by atoms with van der Waals surface area (Å²) < 4.78 is 5.29. The van der Waals surface area contributed by atoms with Crippen LogP contribution in [0, 0.1) is 11.8 Å². The average molecular weight is 298 g/mol. The molecule has 2 N–H and O–H groups in total. The van der Waals surface area contributed by atoms with Crippen molar-refractivity contribution in [2.45, 2.75) is 32.2 Å². The van der Waals surface area contributed by atoms with Crippen molar-refractivity contribution in [2.75, 3.05) is 26.3 Å². The number of carboxylic acid groups (broad SMARTS) is 1. The Hall–Kier alpha value is -1.63. The lowest BCUT2D eigenvalue weighted by Crippen LogP contribution is -2.50. The molecule has 0 aliphatic carbocycles. The first-order valence-electron chi connectivity index (χ1n) is 7.41. The van der Waals surface area contributed by atoms with E-state index in [2.05, 4.69) is 5.32 Å². The molecule has 0 saturated carbocycles. The number of rotatable bonds is 5. The van der Waals surface area contributed by atoms with Gasteiger partial charge in [-0.2, -0.15) is 0 Å². The Kier molecular flexibility index (Phi) is 5.17. The molecule has 0 spiro atoms. The number of hydrogen-bond donors (Lipinski definition) is 2. The number of amides is 2. The number of carbonyl (C=O) groups excluding carboxylic acids is 2. The fraction of sp³-hybridized carbons (Fsp3) is 0.786. The minimum atomic E-state index is -1.05. The SMILES string of the molecule is CCN1CC(C(=O)NC(C(=O)O)C2CCCOC2)CC1=O. The molecule has 0 aromatic heterocycles. The maximum absolute atomic E-state index is 12.2. The lowest BCUT2D eigenvalue weighted by atomic mass is 9.93. The van der Waals surface area contributed by atoms with E-state index in [1.807, 2.05) is 6.92 Å². The van der Waals surface area contributed by atoms with Crippen LogP contribution in [0.4, 0.5) is 0 Å². The number of carboxylic acids is 1. The lowest BCUT2D eigenvalue weighted by Gasteiger charge is -2.28. The summed E-state index contributed by atoms with van der Waals surface area (Å²) in [5, 5.41) is 11.9. The maximum Gasteiger partial charge on any atom is 0.326 e. The van der Waals surface area contributed by atoms with Gasteiger partial charge in [0, 0.05) is 32.0 Å². The van der Waals surface area contributed by atoms with Crippen LogP contribution in [0.25, 0.3) is 0 Å². The molecule has 0 radical (unpaired) electrons. The number of nitrogens with one attached hydrogen (secondary N) is 1. The van der Waals surface area contributed by atoms with Crippen LogP contribution in [0.1, 0.15) is 26.2 Å². The third-order valence-corrected chi connectivity index (χ3v) is 4.20. The van der Waals surface area contributed by atoms with Gasteiger partial charge in [0.1, 0.15) is 6.04 Å². The first-order chi connectivity index (χ1) is 10.0. The van der Waals surface area contributed by atoms with Crippen LogP contribution in [0.5, 0.6) is 0 Å². The normalized spacial score (nSPS) is 27.5. The predicted molar refractivity (Wildman–Crippen MR) is 73.5 cm³/mol. The molecular weight excluding hydrogens is 276 g/mol. The van der Waals surface area contributed by atoms with Crippen LogP contribution < -0.4 is 5.32 Å². The number of hydrogen-bond acceptors (Lipinski definition) is 4. The van der Waals surface area contributed by atoms with Crippen LogP contribution >= 0.6 is 0 Å². The van der Waals surface area contributed by atoms with E-state index in [9.17, 15) is 19.5 Å². The molecule has 2 saturated heterocycles. The van der Waals surface area contributed by atoms with Gasteiger partial charge >= 0.3 is 5.97 Å². The monoisotopic (exact) mass is 298 g/mol. The van der Waals surface area contributed by atoms with Crippen molar-refractivity contribution in [3.05, 3.63) is 0 Å². The fourth-order valence-electron chi connectivity index (χ4n) is 2.93. The van der Waals surface area contributed by atoms with Crippen LogP contribution in [-0.2, 0) is 19.1 Å². The van der Waals surface area contributed by atoms with Crippen LogP contribution in [0.3, 0.4) is 0 Å². The molecule has 0 bridgehead atoms. The second-order valence-electron chi connectivity index (χ2n) is 5.64. The zero-order chi connectivity index (χ0) is 15.4. The molecule has 0 aromatic carbocycles. The Morgan fingerprint density at radius 3 is 2.81 bits per heavy atom. The van der Waals surface area contributed by atoms with E-state index >= 15 is 0 Å². The fourth-order valence-corrected chi connectivity index (χ4v) is 2.93. The standard InChI is InChI=1S/C14H22N2O5/c1-2-16-7-10(6-11(16)17)13(18)15-12(14(19)20)9-4-3-5-21-8-9/h9-10,12H,2-8H2,1H3,(H,15,18)(H,19,20). The molecule has 7 nitrogen and oxygen atoms in total. The number of likely N-dealkylation sites (tertiary alicyclic amines) is 1. The summed E-state index contributed by atoms with van der Waals surface area (Å²) in [6.07, 6.45) is 1.69. The Morgan fingerprint density at radius 1 is 1.52 bits per heavy atom.